The number of rotatable bonds is 13. The van der Waals surface area contributed by atoms with Gasteiger partial charge in [0.15, 0.2) is 4.08 Å². The molecule has 0 fully saturated rings. The second-order valence-electron chi connectivity index (χ2n) is 5.07. The SMILES string of the molecule is CCCCCCSC(C)(SCCCCCC)C(=O)O. The van der Waals surface area contributed by atoms with Crippen LogP contribution in [0.1, 0.15) is 72.1 Å². The molecule has 0 unspecified atom stereocenters. The Labute approximate surface area is 127 Å². The Morgan fingerprint density at radius 2 is 1.32 bits per heavy atom. The van der Waals surface area contributed by atoms with Gasteiger partial charge in [-0.3, -0.25) is 0 Å². The summed E-state index contributed by atoms with van der Waals surface area (Å²) < 4.78 is -0.654. The van der Waals surface area contributed by atoms with Gasteiger partial charge in [-0.25, -0.2) is 4.79 Å². The minimum absolute atomic E-state index is 0.654. The van der Waals surface area contributed by atoms with Crippen LogP contribution in [0.25, 0.3) is 0 Å². The molecule has 1 N–H and O–H groups in total. The molecule has 0 aromatic rings. The first-order valence-electron chi connectivity index (χ1n) is 7.58. The molecular formula is C15H30O2S2. The van der Waals surface area contributed by atoms with Crippen molar-refractivity contribution < 1.29 is 9.90 Å². The van der Waals surface area contributed by atoms with Crippen molar-refractivity contribution in [3.05, 3.63) is 0 Å². The fourth-order valence-corrected chi connectivity index (χ4v) is 4.31. The van der Waals surface area contributed by atoms with Crippen LogP contribution in [0, 0.1) is 0 Å². The zero-order valence-corrected chi connectivity index (χ0v) is 14.4. The Kier molecular flexibility index (Phi) is 12.1. The number of hydrogen-bond acceptors (Lipinski definition) is 3. The van der Waals surface area contributed by atoms with E-state index >= 15 is 0 Å². The predicted molar refractivity (Wildman–Crippen MR) is 89.2 cm³/mol. The summed E-state index contributed by atoms with van der Waals surface area (Å²) in [7, 11) is 0. The van der Waals surface area contributed by atoms with Crippen LogP contribution in [0.2, 0.25) is 0 Å². The van der Waals surface area contributed by atoms with Gasteiger partial charge in [-0.2, -0.15) is 0 Å². The van der Waals surface area contributed by atoms with Gasteiger partial charge in [0.2, 0.25) is 0 Å². The van der Waals surface area contributed by atoms with Gasteiger partial charge >= 0.3 is 5.97 Å². The predicted octanol–water partition coefficient (Wildman–Crippen LogP) is 5.41. The number of carboxylic acid groups (broad SMARTS) is 1. The number of thioether (sulfide) groups is 2. The lowest BCUT2D eigenvalue weighted by molar-refractivity contribution is -0.136. The van der Waals surface area contributed by atoms with Crippen molar-refractivity contribution in [3.8, 4) is 0 Å². The first kappa shape index (κ1) is 19.2. The van der Waals surface area contributed by atoms with Gasteiger partial charge in [0.1, 0.15) is 0 Å². The van der Waals surface area contributed by atoms with Gasteiger partial charge in [0, 0.05) is 0 Å². The fourth-order valence-electron chi connectivity index (χ4n) is 1.76. The van der Waals surface area contributed by atoms with Crippen LogP contribution < -0.4 is 0 Å². The molecule has 0 rings (SSSR count). The first-order valence-corrected chi connectivity index (χ1v) is 9.55. The Morgan fingerprint density at radius 1 is 0.895 bits per heavy atom. The first-order chi connectivity index (χ1) is 9.06. The number of hydrogen-bond donors (Lipinski definition) is 1. The molecule has 19 heavy (non-hydrogen) atoms. The molecule has 0 aliphatic carbocycles. The molecule has 0 aromatic carbocycles. The highest BCUT2D eigenvalue weighted by Crippen LogP contribution is 2.38. The summed E-state index contributed by atoms with van der Waals surface area (Å²) in [5.41, 5.74) is 0. The average molecular weight is 307 g/mol. The Bertz CT molecular complexity index is 218. The topological polar surface area (TPSA) is 37.3 Å². The van der Waals surface area contributed by atoms with Crippen molar-refractivity contribution in [1.82, 2.24) is 0 Å². The lowest BCUT2D eigenvalue weighted by atomic mass is 10.2. The highest BCUT2D eigenvalue weighted by Gasteiger charge is 2.33. The number of aliphatic carboxylic acids is 1. The second kappa shape index (κ2) is 12.0. The summed E-state index contributed by atoms with van der Waals surface area (Å²) in [4.78, 5) is 11.4. The molecular weight excluding hydrogens is 276 g/mol. The molecule has 0 aliphatic heterocycles. The zero-order valence-electron chi connectivity index (χ0n) is 12.7. The van der Waals surface area contributed by atoms with E-state index in [9.17, 15) is 9.90 Å². The minimum Gasteiger partial charge on any atom is -0.480 e. The van der Waals surface area contributed by atoms with Gasteiger partial charge in [-0.1, -0.05) is 52.4 Å². The van der Waals surface area contributed by atoms with Gasteiger partial charge in [0.25, 0.3) is 0 Å². The van der Waals surface area contributed by atoms with Crippen molar-refractivity contribution in [2.24, 2.45) is 0 Å². The van der Waals surface area contributed by atoms with E-state index in [1.165, 1.54) is 38.5 Å². The van der Waals surface area contributed by atoms with Gasteiger partial charge < -0.3 is 5.11 Å². The molecule has 0 aromatic heterocycles. The van der Waals surface area contributed by atoms with E-state index in [4.69, 9.17) is 0 Å². The molecule has 0 amide bonds. The van der Waals surface area contributed by atoms with Crippen LogP contribution in [0.15, 0.2) is 0 Å². The summed E-state index contributed by atoms with van der Waals surface area (Å²) in [6.07, 6.45) is 9.69. The Hall–Kier alpha value is 0.170. The Morgan fingerprint density at radius 3 is 1.63 bits per heavy atom. The lowest BCUT2D eigenvalue weighted by Crippen LogP contribution is -2.28. The average Bonchev–Trinajstić information content (AvgIpc) is 2.38. The summed E-state index contributed by atoms with van der Waals surface area (Å²) in [6, 6.07) is 0. The Balaban J connectivity index is 3.88. The van der Waals surface area contributed by atoms with E-state index in [2.05, 4.69) is 13.8 Å². The van der Waals surface area contributed by atoms with Crippen molar-refractivity contribution in [1.29, 1.82) is 0 Å². The van der Waals surface area contributed by atoms with Crippen molar-refractivity contribution >= 4 is 29.5 Å². The van der Waals surface area contributed by atoms with Gasteiger partial charge in [0.05, 0.1) is 0 Å². The second-order valence-corrected chi connectivity index (χ2v) is 8.35. The van der Waals surface area contributed by atoms with E-state index in [0.29, 0.717) is 0 Å². The summed E-state index contributed by atoms with van der Waals surface area (Å²) >= 11 is 3.22. The molecule has 114 valence electrons. The number of carboxylic acids is 1. The molecule has 0 bridgehead atoms. The van der Waals surface area contributed by atoms with Crippen LogP contribution in [-0.2, 0) is 4.79 Å². The standard InChI is InChI=1S/C15H30O2S2/c1-4-6-8-10-12-18-15(3,14(16)17)19-13-11-9-7-5-2/h4-13H2,1-3H3,(H,16,17). The largest absolute Gasteiger partial charge is 0.480 e. The molecule has 0 radical (unpaired) electrons. The van der Waals surface area contributed by atoms with E-state index in [1.807, 2.05) is 6.92 Å². The minimum atomic E-state index is -0.673. The van der Waals surface area contributed by atoms with E-state index in [-0.39, 0.29) is 0 Å². The lowest BCUT2D eigenvalue weighted by Gasteiger charge is -2.23. The molecule has 0 aliphatic rings. The molecule has 0 spiro atoms. The zero-order chi connectivity index (χ0) is 14.6. The van der Waals surface area contributed by atoms with Crippen LogP contribution in [-0.4, -0.2) is 26.7 Å². The fraction of sp³-hybridized carbons (Fsp3) is 0.933. The van der Waals surface area contributed by atoms with Gasteiger partial charge in [-0.05, 0) is 31.3 Å². The normalized spacial score (nSPS) is 11.7. The maximum atomic E-state index is 11.4. The van der Waals surface area contributed by atoms with E-state index in [0.717, 1.165) is 24.3 Å². The van der Waals surface area contributed by atoms with Crippen molar-refractivity contribution in [2.45, 2.75) is 76.2 Å². The van der Waals surface area contributed by atoms with Crippen LogP contribution >= 0.6 is 23.5 Å². The van der Waals surface area contributed by atoms with Crippen LogP contribution in [0.4, 0.5) is 0 Å². The molecule has 0 atom stereocenters. The number of unbranched alkanes of at least 4 members (excludes halogenated alkanes) is 6. The summed E-state index contributed by atoms with van der Waals surface area (Å²) in [5, 5.41) is 9.40. The molecule has 0 saturated heterocycles. The summed E-state index contributed by atoms with van der Waals surface area (Å²) in [5.74, 6) is 1.25. The van der Waals surface area contributed by atoms with Gasteiger partial charge in [-0.15, -0.1) is 23.5 Å². The van der Waals surface area contributed by atoms with Crippen LogP contribution in [0.3, 0.4) is 0 Å². The summed E-state index contributed by atoms with van der Waals surface area (Å²) in [6.45, 7) is 6.26. The molecule has 2 nitrogen and oxygen atoms in total. The smallest absolute Gasteiger partial charge is 0.329 e. The molecule has 0 heterocycles. The van der Waals surface area contributed by atoms with Crippen molar-refractivity contribution in [2.75, 3.05) is 11.5 Å². The maximum absolute atomic E-state index is 11.4. The number of carbonyl (C=O) groups is 1. The highest BCUT2D eigenvalue weighted by atomic mass is 32.2. The quantitative estimate of drug-likeness (QED) is 0.364. The maximum Gasteiger partial charge on any atom is 0.329 e. The van der Waals surface area contributed by atoms with E-state index in [1.54, 1.807) is 23.5 Å². The molecule has 4 heteroatoms. The van der Waals surface area contributed by atoms with Crippen LogP contribution in [0.5, 0.6) is 0 Å². The van der Waals surface area contributed by atoms with Crippen molar-refractivity contribution in [3.63, 3.8) is 0 Å². The highest BCUT2D eigenvalue weighted by molar-refractivity contribution is 8.19. The third-order valence-corrected chi connectivity index (χ3v) is 6.28. The molecule has 0 saturated carbocycles. The van der Waals surface area contributed by atoms with E-state index < -0.39 is 10.0 Å². The monoisotopic (exact) mass is 306 g/mol. The third kappa shape index (κ3) is 9.67. The third-order valence-electron chi connectivity index (χ3n) is 3.14.